The summed E-state index contributed by atoms with van der Waals surface area (Å²) in [5.41, 5.74) is 0. The first-order valence-corrected chi connectivity index (χ1v) is 20.7. The van der Waals surface area contributed by atoms with Crippen LogP contribution < -0.4 is 0 Å². The Morgan fingerprint density at radius 2 is 0.224 bits per heavy atom. The summed E-state index contributed by atoms with van der Waals surface area (Å²) in [5.74, 6) is 0. The average Bonchev–Trinajstić information content (AvgIpc) is 3.96. The summed E-state index contributed by atoms with van der Waals surface area (Å²) in [4.78, 5) is 0. The van der Waals surface area contributed by atoms with Gasteiger partial charge in [-0.15, -0.1) is 78.9 Å². The van der Waals surface area contributed by atoms with Crippen molar-refractivity contribution < 1.29 is 9.47 Å². The lowest BCUT2D eigenvalue weighted by Gasteiger charge is -2.08. The Morgan fingerprint density at radius 1 is 0.143 bits per heavy atom. The Bertz CT molecular complexity index is 343. The minimum absolute atomic E-state index is 1.00. The molecule has 294 valence electrons. The van der Waals surface area contributed by atoms with Crippen molar-refractivity contribution in [1.82, 2.24) is 0 Å². The molecule has 6 rings (SSSR count). The van der Waals surface area contributed by atoms with Crippen LogP contribution in [-0.4, -0.2) is 26.4 Å². The maximum atomic E-state index is 5.07. The Balaban J connectivity index is -0.000000107. The standard InChI is InChI=1S/C8H16.C7H14.C6H12.C5H10O.C5H10.C4H8O.6C2H4/c1-2-4-6-8-7-5-3-1;1-2-4-6-7-5-3-1;2*1-2-4-6-5-3-1;2*1-2-4-5-3-1;6*1-2/h1-8H2;1-7H2;1-6H2;1-5H2;1-5H2;1-4H2;6*1-2H2. The van der Waals surface area contributed by atoms with E-state index in [0.29, 0.717) is 0 Å². The van der Waals surface area contributed by atoms with Gasteiger partial charge in [0.15, 0.2) is 0 Å². The van der Waals surface area contributed by atoms with E-state index in [1.54, 1.807) is 0 Å². The molecule has 49 heavy (non-hydrogen) atoms. The highest BCUT2D eigenvalue weighted by Crippen LogP contribution is 2.17. The van der Waals surface area contributed by atoms with E-state index in [4.69, 9.17) is 9.47 Å². The van der Waals surface area contributed by atoms with Crippen molar-refractivity contribution in [3.05, 3.63) is 78.9 Å². The molecule has 0 unspecified atom stereocenters. The van der Waals surface area contributed by atoms with Gasteiger partial charge in [-0.1, -0.05) is 167 Å². The second-order valence-electron chi connectivity index (χ2n) is 12.2. The molecule has 4 aliphatic carbocycles. The molecular formula is C47H94O2. The van der Waals surface area contributed by atoms with Gasteiger partial charge in [-0.3, -0.25) is 0 Å². The smallest absolute Gasteiger partial charge is 0.0466 e. The van der Waals surface area contributed by atoms with Crippen LogP contribution in [-0.2, 0) is 9.47 Å². The molecule has 0 N–H and O–H groups in total. The second-order valence-corrected chi connectivity index (χ2v) is 12.2. The van der Waals surface area contributed by atoms with Crippen molar-refractivity contribution in [1.29, 1.82) is 0 Å². The molecule has 0 radical (unpaired) electrons. The molecule has 2 saturated heterocycles. The van der Waals surface area contributed by atoms with Gasteiger partial charge in [-0.05, 0) is 32.1 Å². The Morgan fingerprint density at radius 3 is 0.286 bits per heavy atom. The maximum Gasteiger partial charge on any atom is 0.0466 e. The summed E-state index contributed by atoms with van der Waals surface area (Å²) < 4.78 is 10.0. The monoisotopic (exact) mass is 691 g/mol. The molecule has 2 aliphatic heterocycles. The highest BCUT2D eigenvalue weighted by atomic mass is 16.5. The molecule has 0 atom stereocenters. The van der Waals surface area contributed by atoms with Crippen molar-refractivity contribution in [2.45, 2.75) is 199 Å². The zero-order valence-corrected chi connectivity index (χ0v) is 34.1. The van der Waals surface area contributed by atoms with E-state index in [1.165, 1.54) is 199 Å². The molecule has 0 aromatic carbocycles. The van der Waals surface area contributed by atoms with Gasteiger partial charge in [0, 0.05) is 26.4 Å². The zero-order chi connectivity index (χ0) is 38.2. The fourth-order valence-electron chi connectivity index (χ4n) is 5.79. The summed E-state index contributed by atoms with van der Waals surface area (Å²) in [6.07, 6.45) is 45.5. The fraction of sp³-hybridized carbons (Fsp3) is 0.745. The molecule has 2 heteroatoms. The number of rotatable bonds is 0. The van der Waals surface area contributed by atoms with Gasteiger partial charge in [0.2, 0.25) is 0 Å². The SMILES string of the molecule is C1CCCC1.C1CCCCC1.C1CCCCCC1.C1CCCCCCC1.C1CCOC1.C1CCOCC1.C=C.C=C.C=C.C=C.C=C.C=C. The zero-order valence-electron chi connectivity index (χ0n) is 34.1. The van der Waals surface area contributed by atoms with Crippen molar-refractivity contribution in [3.63, 3.8) is 0 Å². The number of ether oxygens (including phenoxy) is 2. The summed E-state index contributed by atoms with van der Waals surface area (Å²) in [6.45, 7) is 40.0. The molecule has 0 aromatic heterocycles. The second kappa shape index (κ2) is 76.3. The van der Waals surface area contributed by atoms with Crippen LogP contribution in [0.5, 0.6) is 0 Å². The first kappa shape index (κ1) is 59.5. The van der Waals surface area contributed by atoms with Crippen LogP contribution in [0.1, 0.15) is 199 Å². The average molecular weight is 691 g/mol. The number of hydrogen-bond donors (Lipinski definition) is 0. The minimum atomic E-state index is 1.00. The van der Waals surface area contributed by atoms with Gasteiger partial charge in [-0.25, -0.2) is 0 Å². The topological polar surface area (TPSA) is 18.5 Å². The Kier molecular flexibility index (Phi) is 92.6. The van der Waals surface area contributed by atoms with Crippen molar-refractivity contribution in [2.24, 2.45) is 0 Å². The molecule has 6 fully saturated rings. The third-order valence-corrected chi connectivity index (χ3v) is 8.40. The summed E-state index contributed by atoms with van der Waals surface area (Å²) in [5, 5.41) is 0. The normalized spacial score (nSPS) is 18.6. The molecular weight excluding hydrogens is 597 g/mol. The van der Waals surface area contributed by atoms with Gasteiger partial charge in [0.1, 0.15) is 0 Å². The van der Waals surface area contributed by atoms with Gasteiger partial charge in [0.05, 0.1) is 0 Å². The molecule has 6 aliphatic rings. The molecule has 0 spiro atoms. The van der Waals surface area contributed by atoms with Gasteiger partial charge in [0.25, 0.3) is 0 Å². The lowest BCUT2D eigenvalue weighted by atomic mass is 10.0. The molecule has 0 amide bonds. The highest BCUT2D eigenvalue weighted by Gasteiger charge is 1.98. The van der Waals surface area contributed by atoms with E-state index >= 15 is 0 Å². The van der Waals surface area contributed by atoms with Crippen LogP contribution in [0.25, 0.3) is 0 Å². The van der Waals surface area contributed by atoms with Gasteiger partial charge in [-0.2, -0.15) is 0 Å². The van der Waals surface area contributed by atoms with Crippen LogP contribution in [0.3, 0.4) is 0 Å². The van der Waals surface area contributed by atoms with Crippen LogP contribution in [0.4, 0.5) is 0 Å². The maximum absolute atomic E-state index is 5.07. The first-order valence-electron chi connectivity index (χ1n) is 20.7. The van der Waals surface area contributed by atoms with Gasteiger partial charge >= 0.3 is 0 Å². The predicted molar refractivity (Wildman–Crippen MR) is 232 cm³/mol. The Hall–Kier alpha value is -1.64. The van der Waals surface area contributed by atoms with Crippen molar-refractivity contribution in [3.8, 4) is 0 Å². The summed E-state index contributed by atoms with van der Waals surface area (Å²) in [6, 6.07) is 0. The van der Waals surface area contributed by atoms with E-state index < -0.39 is 0 Å². The van der Waals surface area contributed by atoms with E-state index in [0.717, 1.165) is 26.4 Å². The first-order chi connectivity index (χ1) is 24.5. The van der Waals surface area contributed by atoms with E-state index in [9.17, 15) is 0 Å². The quantitative estimate of drug-likeness (QED) is 0.186. The summed E-state index contributed by atoms with van der Waals surface area (Å²) in [7, 11) is 0. The third kappa shape index (κ3) is 73.0. The molecule has 0 bridgehead atoms. The number of hydrogen-bond acceptors (Lipinski definition) is 2. The third-order valence-electron chi connectivity index (χ3n) is 8.40. The molecule has 4 saturated carbocycles. The Labute approximate surface area is 313 Å². The largest absolute Gasteiger partial charge is 0.381 e. The van der Waals surface area contributed by atoms with Crippen LogP contribution in [0.2, 0.25) is 0 Å². The van der Waals surface area contributed by atoms with E-state index in [-0.39, 0.29) is 0 Å². The molecule has 0 aromatic rings. The van der Waals surface area contributed by atoms with E-state index in [1.807, 2.05) is 0 Å². The summed E-state index contributed by atoms with van der Waals surface area (Å²) >= 11 is 0. The van der Waals surface area contributed by atoms with Crippen LogP contribution >= 0.6 is 0 Å². The lowest BCUT2D eigenvalue weighted by molar-refractivity contribution is 0.0968. The minimum Gasteiger partial charge on any atom is -0.381 e. The van der Waals surface area contributed by atoms with Crippen LogP contribution in [0, 0.1) is 0 Å². The lowest BCUT2D eigenvalue weighted by Crippen LogP contribution is -2.03. The van der Waals surface area contributed by atoms with Gasteiger partial charge < -0.3 is 9.47 Å². The molecule has 2 nitrogen and oxygen atoms in total. The van der Waals surface area contributed by atoms with Crippen LogP contribution in [0.15, 0.2) is 78.9 Å². The predicted octanol–water partition coefficient (Wildman–Crippen LogP) is 16.9. The van der Waals surface area contributed by atoms with Crippen molar-refractivity contribution >= 4 is 0 Å². The van der Waals surface area contributed by atoms with Crippen molar-refractivity contribution in [2.75, 3.05) is 26.4 Å². The molecule has 2 heterocycles. The fourth-order valence-corrected chi connectivity index (χ4v) is 5.79. The highest BCUT2D eigenvalue weighted by molar-refractivity contribution is 4.53. The van der Waals surface area contributed by atoms with E-state index in [2.05, 4.69) is 78.9 Å².